The van der Waals surface area contributed by atoms with Gasteiger partial charge in [0.15, 0.2) is 11.5 Å². The van der Waals surface area contributed by atoms with Crippen LogP contribution in [-0.4, -0.2) is 36.2 Å². The quantitative estimate of drug-likeness (QED) is 0.687. The van der Waals surface area contributed by atoms with E-state index >= 15 is 0 Å². The predicted molar refractivity (Wildman–Crippen MR) is 103 cm³/mol. The number of amides is 1. The molecular formula is C19H23N7O. The fraction of sp³-hybridized carbons (Fsp3) is 0.421. The van der Waals surface area contributed by atoms with E-state index in [4.69, 9.17) is 10.7 Å². The van der Waals surface area contributed by atoms with E-state index in [9.17, 15) is 4.79 Å². The van der Waals surface area contributed by atoms with Crippen LogP contribution in [0.4, 0.5) is 5.82 Å². The van der Waals surface area contributed by atoms with Gasteiger partial charge >= 0.3 is 0 Å². The summed E-state index contributed by atoms with van der Waals surface area (Å²) in [5.74, 6) is 0.829. The molecule has 140 valence electrons. The number of pyridine rings is 1. The van der Waals surface area contributed by atoms with Gasteiger partial charge in [-0.05, 0) is 25.0 Å². The molecule has 8 heteroatoms. The maximum atomic E-state index is 12.4. The molecule has 3 aromatic rings. The molecule has 1 aliphatic carbocycles. The number of fused-ring (bicyclic) bond motifs is 1. The van der Waals surface area contributed by atoms with Gasteiger partial charge in [0.1, 0.15) is 11.4 Å². The van der Waals surface area contributed by atoms with Gasteiger partial charge in [0.2, 0.25) is 5.91 Å². The minimum atomic E-state index is -0.789. The average Bonchev–Trinajstić information content (AvgIpc) is 2.90. The van der Waals surface area contributed by atoms with E-state index < -0.39 is 5.54 Å². The van der Waals surface area contributed by atoms with E-state index in [1.165, 1.54) is 0 Å². The number of aryl methyl sites for hydroxylation is 1. The molecule has 0 spiro atoms. The van der Waals surface area contributed by atoms with Gasteiger partial charge in [-0.3, -0.25) is 14.5 Å². The van der Waals surface area contributed by atoms with Crippen LogP contribution in [0, 0.1) is 0 Å². The van der Waals surface area contributed by atoms with Crippen molar-refractivity contribution < 1.29 is 4.79 Å². The molecule has 0 aliphatic heterocycles. The molecule has 0 radical (unpaired) electrons. The monoisotopic (exact) mass is 365 g/mol. The van der Waals surface area contributed by atoms with Crippen molar-refractivity contribution in [1.82, 2.24) is 24.7 Å². The molecule has 0 bridgehead atoms. The van der Waals surface area contributed by atoms with Crippen molar-refractivity contribution in [2.24, 2.45) is 12.8 Å². The Hall–Kier alpha value is -3.03. The molecule has 0 atom stereocenters. The maximum Gasteiger partial charge on any atom is 0.243 e. The Labute approximate surface area is 157 Å². The number of primary amides is 1. The van der Waals surface area contributed by atoms with Gasteiger partial charge in [0, 0.05) is 25.0 Å². The SMILES string of the molecule is Cn1ncc2c(NC3(C(N)=O)CCCCCC3)nc(-c3ccncc3)nc21. The fourth-order valence-electron chi connectivity index (χ4n) is 3.74. The Bertz CT molecular complexity index is 959. The van der Waals surface area contributed by atoms with Crippen LogP contribution in [0.5, 0.6) is 0 Å². The second-order valence-electron chi connectivity index (χ2n) is 7.12. The molecular weight excluding hydrogens is 342 g/mol. The van der Waals surface area contributed by atoms with Crippen molar-refractivity contribution >= 4 is 22.8 Å². The van der Waals surface area contributed by atoms with Gasteiger partial charge in [0.05, 0.1) is 11.6 Å². The van der Waals surface area contributed by atoms with Crippen LogP contribution >= 0.6 is 0 Å². The highest BCUT2D eigenvalue weighted by Crippen LogP contribution is 2.33. The minimum Gasteiger partial charge on any atom is -0.368 e. The number of carbonyl (C=O) groups is 1. The maximum absolute atomic E-state index is 12.4. The van der Waals surface area contributed by atoms with Gasteiger partial charge in [-0.2, -0.15) is 5.10 Å². The zero-order valence-electron chi connectivity index (χ0n) is 15.4. The van der Waals surface area contributed by atoms with Crippen molar-refractivity contribution in [3.8, 4) is 11.4 Å². The van der Waals surface area contributed by atoms with Gasteiger partial charge in [-0.25, -0.2) is 9.97 Å². The Morgan fingerprint density at radius 3 is 2.52 bits per heavy atom. The summed E-state index contributed by atoms with van der Waals surface area (Å²) in [5, 5.41) is 8.50. The summed E-state index contributed by atoms with van der Waals surface area (Å²) >= 11 is 0. The summed E-state index contributed by atoms with van der Waals surface area (Å²) in [7, 11) is 1.84. The summed E-state index contributed by atoms with van der Waals surface area (Å²) in [5.41, 5.74) is 6.61. The summed E-state index contributed by atoms with van der Waals surface area (Å²) in [6, 6.07) is 3.72. The van der Waals surface area contributed by atoms with E-state index in [0.717, 1.165) is 36.6 Å². The predicted octanol–water partition coefficient (Wildman–Crippen LogP) is 2.42. The molecule has 8 nitrogen and oxygen atoms in total. The molecule has 1 aliphatic rings. The van der Waals surface area contributed by atoms with Crippen molar-refractivity contribution in [3.05, 3.63) is 30.7 Å². The number of nitrogens with zero attached hydrogens (tertiary/aromatic N) is 5. The van der Waals surface area contributed by atoms with E-state index in [0.29, 0.717) is 30.1 Å². The number of aromatic nitrogens is 5. The first-order chi connectivity index (χ1) is 13.1. The van der Waals surface area contributed by atoms with Crippen molar-refractivity contribution in [3.63, 3.8) is 0 Å². The zero-order valence-corrected chi connectivity index (χ0v) is 15.4. The molecule has 1 amide bonds. The third kappa shape index (κ3) is 3.22. The molecule has 27 heavy (non-hydrogen) atoms. The van der Waals surface area contributed by atoms with Crippen LogP contribution < -0.4 is 11.1 Å². The Morgan fingerprint density at radius 2 is 1.85 bits per heavy atom. The van der Waals surface area contributed by atoms with Crippen LogP contribution in [-0.2, 0) is 11.8 Å². The van der Waals surface area contributed by atoms with E-state index in [2.05, 4.69) is 20.4 Å². The summed E-state index contributed by atoms with van der Waals surface area (Å²) in [6.07, 6.45) is 10.7. The number of rotatable bonds is 4. The molecule has 3 aromatic heterocycles. The Balaban J connectivity index is 1.83. The van der Waals surface area contributed by atoms with Crippen LogP contribution in [0.3, 0.4) is 0 Å². The second-order valence-corrected chi connectivity index (χ2v) is 7.12. The molecule has 0 aromatic carbocycles. The van der Waals surface area contributed by atoms with E-state index in [1.54, 1.807) is 23.3 Å². The smallest absolute Gasteiger partial charge is 0.243 e. The second kappa shape index (κ2) is 6.94. The molecule has 0 unspecified atom stereocenters. The third-order valence-electron chi connectivity index (χ3n) is 5.32. The molecule has 4 rings (SSSR count). The summed E-state index contributed by atoms with van der Waals surface area (Å²) in [6.45, 7) is 0. The largest absolute Gasteiger partial charge is 0.368 e. The highest BCUT2D eigenvalue weighted by atomic mass is 16.1. The normalized spacial score (nSPS) is 16.8. The number of hydrogen-bond donors (Lipinski definition) is 2. The standard InChI is InChI=1S/C19H23N7O/c1-26-17-14(12-22-26)16(23-15(24-17)13-6-10-21-11-7-13)25-19(18(20)27)8-4-2-3-5-9-19/h6-7,10-12H,2-5,8-9H2,1H3,(H2,20,27)(H,23,24,25). The first-order valence-corrected chi connectivity index (χ1v) is 9.27. The van der Waals surface area contributed by atoms with Gasteiger partial charge in [-0.1, -0.05) is 25.7 Å². The number of nitrogens with one attached hydrogen (secondary N) is 1. The van der Waals surface area contributed by atoms with Crippen LogP contribution in [0.15, 0.2) is 30.7 Å². The lowest BCUT2D eigenvalue weighted by atomic mass is 9.89. The number of carbonyl (C=O) groups excluding carboxylic acids is 1. The Morgan fingerprint density at radius 1 is 1.15 bits per heavy atom. The first-order valence-electron chi connectivity index (χ1n) is 9.27. The van der Waals surface area contributed by atoms with Crippen LogP contribution in [0.1, 0.15) is 38.5 Å². The van der Waals surface area contributed by atoms with Crippen LogP contribution in [0.25, 0.3) is 22.4 Å². The van der Waals surface area contributed by atoms with Crippen molar-refractivity contribution in [2.75, 3.05) is 5.32 Å². The Kier molecular flexibility index (Phi) is 4.47. The number of hydrogen-bond acceptors (Lipinski definition) is 6. The molecule has 3 heterocycles. The van der Waals surface area contributed by atoms with Gasteiger partial charge in [0.25, 0.3) is 0 Å². The van der Waals surface area contributed by atoms with E-state index in [-0.39, 0.29) is 5.91 Å². The zero-order chi connectivity index (χ0) is 18.9. The van der Waals surface area contributed by atoms with Crippen LogP contribution in [0.2, 0.25) is 0 Å². The van der Waals surface area contributed by atoms with Crippen molar-refractivity contribution in [2.45, 2.75) is 44.1 Å². The average molecular weight is 365 g/mol. The third-order valence-corrected chi connectivity index (χ3v) is 5.32. The van der Waals surface area contributed by atoms with Gasteiger partial charge < -0.3 is 11.1 Å². The molecule has 0 saturated heterocycles. The molecule has 1 fully saturated rings. The molecule has 1 saturated carbocycles. The number of anilines is 1. The first kappa shape index (κ1) is 17.4. The molecule has 3 N–H and O–H groups in total. The topological polar surface area (TPSA) is 112 Å². The lowest BCUT2D eigenvalue weighted by Crippen LogP contribution is -2.50. The summed E-state index contributed by atoms with van der Waals surface area (Å²) < 4.78 is 1.71. The lowest BCUT2D eigenvalue weighted by molar-refractivity contribution is -0.122. The highest BCUT2D eigenvalue weighted by molar-refractivity contribution is 5.93. The minimum absolute atomic E-state index is 0.328. The van der Waals surface area contributed by atoms with Gasteiger partial charge in [-0.15, -0.1) is 0 Å². The van der Waals surface area contributed by atoms with Crippen molar-refractivity contribution in [1.29, 1.82) is 0 Å². The summed E-state index contributed by atoms with van der Waals surface area (Å²) in [4.78, 5) is 25.8. The van der Waals surface area contributed by atoms with E-state index in [1.807, 2.05) is 19.2 Å². The number of nitrogens with two attached hydrogens (primary N) is 1. The highest BCUT2D eigenvalue weighted by Gasteiger charge is 2.37. The lowest BCUT2D eigenvalue weighted by Gasteiger charge is -2.31. The fourth-order valence-corrected chi connectivity index (χ4v) is 3.74.